The number of hydrogen-bond donors (Lipinski definition) is 1. The fourth-order valence-corrected chi connectivity index (χ4v) is 4.06. The van der Waals surface area contributed by atoms with Gasteiger partial charge in [0, 0.05) is 19.2 Å². The van der Waals surface area contributed by atoms with E-state index in [1.807, 2.05) is 0 Å². The van der Waals surface area contributed by atoms with E-state index in [9.17, 15) is 0 Å². The predicted molar refractivity (Wildman–Crippen MR) is 79.1 cm³/mol. The summed E-state index contributed by atoms with van der Waals surface area (Å²) in [6.07, 6.45) is 10.9. The summed E-state index contributed by atoms with van der Waals surface area (Å²) < 4.78 is 6.21. The molecule has 3 rings (SSSR count). The van der Waals surface area contributed by atoms with E-state index >= 15 is 0 Å². The van der Waals surface area contributed by atoms with Crippen molar-refractivity contribution >= 4 is 0 Å². The molecule has 2 fully saturated rings. The highest BCUT2D eigenvalue weighted by atomic mass is 16.5. The Hall–Kier alpha value is -0.340. The van der Waals surface area contributed by atoms with Gasteiger partial charge in [-0.05, 0) is 63.2 Å². The van der Waals surface area contributed by atoms with Gasteiger partial charge in [0.25, 0.3) is 0 Å². The minimum absolute atomic E-state index is 0.506. The predicted octanol–water partition coefficient (Wildman–Crippen LogP) is 3.53. The number of ether oxygens (including phenoxy) is 1. The van der Waals surface area contributed by atoms with E-state index in [1.54, 1.807) is 5.57 Å². The van der Waals surface area contributed by atoms with Crippen LogP contribution in [-0.4, -0.2) is 25.3 Å². The first-order chi connectivity index (χ1) is 9.22. The Morgan fingerprint density at radius 1 is 1.32 bits per heavy atom. The molecule has 0 bridgehead atoms. The maximum absolute atomic E-state index is 6.21. The van der Waals surface area contributed by atoms with Crippen molar-refractivity contribution in [2.24, 2.45) is 17.8 Å². The molecule has 2 aliphatic carbocycles. The maximum atomic E-state index is 6.21. The Labute approximate surface area is 118 Å². The summed E-state index contributed by atoms with van der Waals surface area (Å²) in [5.74, 6) is 2.24. The fraction of sp³-hybridized carbons (Fsp3) is 0.882. The van der Waals surface area contributed by atoms with Gasteiger partial charge in [-0.3, -0.25) is 0 Å². The van der Waals surface area contributed by atoms with E-state index in [1.165, 1.54) is 45.1 Å². The third-order valence-corrected chi connectivity index (χ3v) is 5.03. The molecule has 1 saturated heterocycles. The van der Waals surface area contributed by atoms with E-state index in [4.69, 9.17) is 4.74 Å². The standard InChI is InChI=1S/C17H29NO/c1-12-8-13(2)10-15(9-12)17-14(4-3-7-19-17)11-18-16-5-6-16/h8,12,14-18H,3-7,9-11H2,1-2H3. The van der Waals surface area contributed by atoms with Crippen LogP contribution in [0.2, 0.25) is 0 Å². The lowest BCUT2D eigenvalue weighted by Crippen LogP contribution is -2.42. The van der Waals surface area contributed by atoms with Gasteiger partial charge >= 0.3 is 0 Å². The Bertz CT molecular complexity index is 334. The molecule has 3 aliphatic rings. The zero-order valence-electron chi connectivity index (χ0n) is 12.5. The van der Waals surface area contributed by atoms with Gasteiger partial charge in [0.1, 0.15) is 0 Å². The van der Waals surface area contributed by atoms with Crippen LogP contribution in [0, 0.1) is 17.8 Å². The molecule has 19 heavy (non-hydrogen) atoms. The summed E-state index contributed by atoms with van der Waals surface area (Å²) in [5, 5.41) is 3.72. The fourth-order valence-electron chi connectivity index (χ4n) is 4.06. The molecule has 4 atom stereocenters. The van der Waals surface area contributed by atoms with Crippen LogP contribution in [0.15, 0.2) is 11.6 Å². The molecule has 1 aliphatic heterocycles. The van der Waals surface area contributed by atoms with Gasteiger partial charge in [0.2, 0.25) is 0 Å². The number of rotatable bonds is 4. The summed E-state index contributed by atoms with van der Waals surface area (Å²) >= 11 is 0. The van der Waals surface area contributed by atoms with E-state index in [-0.39, 0.29) is 0 Å². The van der Waals surface area contributed by atoms with Gasteiger partial charge in [-0.25, -0.2) is 0 Å². The quantitative estimate of drug-likeness (QED) is 0.784. The van der Waals surface area contributed by atoms with Crippen molar-refractivity contribution in [2.45, 2.75) is 64.5 Å². The average Bonchev–Trinajstić information content (AvgIpc) is 3.19. The third kappa shape index (κ3) is 3.61. The van der Waals surface area contributed by atoms with Gasteiger partial charge in [-0.1, -0.05) is 18.6 Å². The topological polar surface area (TPSA) is 21.3 Å². The van der Waals surface area contributed by atoms with Crippen molar-refractivity contribution in [2.75, 3.05) is 13.2 Å². The smallest absolute Gasteiger partial charge is 0.0646 e. The second-order valence-corrected chi connectivity index (χ2v) is 7.11. The molecule has 0 aromatic rings. The van der Waals surface area contributed by atoms with Crippen LogP contribution in [0.25, 0.3) is 0 Å². The Morgan fingerprint density at radius 2 is 2.16 bits per heavy atom. The maximum Gasteiger partial charge on any atom is 0.0646 e. The number of hydrogen-bond acceptors (Lipinski definition) is 2. The normalized spacial score (nSPS) is 40.0. The molecule has 1 N–H and O–H groups in total. The molecular weight excluding hydrogens is 234 g/mol. The largest absolute Gasteiger partial charge is 0.378 e. The van der Waals surface area contributed by atoms with Crippen molar-refractivity contribution in [3.05, 3.63) is 11.6 Å². The van der Waals surface area contributed by atoms with Crippen LogP contribution in [0.5, 0.6) is 0 Å². The zero-order chi connectivity index (χ0) is 13.2. The molecule has 2 heteroatoms. The van der Waals surface area contributed by atoms with Crippen LogP contribution >= 0.6 is 0 Å². The highest BCUT2D eigenvalue weighted by molar-refractivity contribution is 5.08. The highest BCUT2D eigenvalue weighted by Crippen LogP contribution is 2.37. The Morgan fingerprint density at radius 3 is 2.89 bits per heavy atom. The Kier molecular flexibility index (Phi) is 4.28. The molecule has 4 unspecified atom stereocenters. The molecule has 0 spiro atoms. The van der Waals surface area contributed by atoms with Gasteiger partial charge in [-0.15, -0.1) is 0 Å². The summed E-state index contributed by atoms with van der Waals surface area (Å²) in [6.45, 7) is 6.82. The molecule has 0 radical (unpaired) electrons. The van der Waals surface area contributed by atoms with Crippen molar-refractivity contribution < 1.29 is 4.74 Å². The molecule has 108 valence electrons. The number of nitrogens with one attached hydrogen (secondary N) is 1. The molecule has 0 aromatic carbocycles. The first-order valence-electron chi connectivity index (χ1n) is 8.24. The van der Waals surface area contributed by atoms with Crippen molar-refractivity contribution in [3.63, 3.8) is 0 Å². The molecule has 0 aromatic heterocycles. The first kappa shape index (κ1) is 13.6. The minimum Gasteiger partial charge on any atom is -0.378 e. The first-order valence-corrected chi connectivity index (χ1v) is 8.24. The lowest BCUT2D eigenvalue weighted by molar-refractivity contribution is -0.0649. The van der Waals surface area contributed by atoms with Crippen LogP contribution in [0.4, 0.5) is 0 Å². The van der Waals surface area contributed by atoms with Gasteiger partial charge in [0.05, 0.1) is 6.10 Å². The summed E-state index contributed by atoms with van der Waals surface area (Å²) in [6, 6.07) is 0.828. The van der Waals surface area contributed by atoms with Crippen molar-refractivity contribution in [3.8, 4) is 0 Å². The van der Waals surface area contributed by atoms with Gasteiger partial charge in [0.15, 0.2) is 0 Å². The third-order valence-electron chi connectivity index (χ3n) is 5.03. The summed E-state index contributed by atoms with van der Waals surface area (Å²) in [5.41, 5.74) is 1.58. The van der Waals surface area contributed by atoms with Crippen LogP contribution < -0.4 is 5.32 Å². The molecular formula is C17H29NO. The van der Waals surface area contributed by atoms with Gasteiger partial charge < -0.3 is 10.1 Å². The van der Waals surface area contributed by atoms with Crippen LogP contribution in [0.3, 0.4) is 0 Å². The molecule has 1 heterocycles. The number of allylic oxidation sites excluding steroid dienone is 2. The second-order valence-electron chi connectivity index (χ2n) is 7.11. The average molecular weight is 263 g/mol. The van der Waals surface area contributed by atoms with Crippen molar-refractivity contribution in [1.29, 1.82) is 0 Å². The van der Waals surface area contributed by atoms with Crippen LogP contribution in [0.1, 0.15) is 52.4 Å². The molecule has 2 nitrogen and oxygen atoms in total. The van der Waals surface area contributed by atoms with E-state index in [2.05, 4.69) is 25.2 Å². The zero-order valence-corrected chi connectivity index (χ0v) is 12.5. The lowest BCUT2D eigenvalue weighted by atomic mass is 9.75. The monoisotopic (exact) mass is 263 g/mol. The molecule has 1 saturated carbocycles. The highest BCUT2D eigenvalue weighted by Gasteiger charge is 2.35. The molecule has 0 amide bonds. The second kappa shape index (κ2) is 5.97. The Balaban J connectivity index is 1.60. The SMILES string of the molecule is CC1=CC(C)CC(C2OCCCC2CNC2CC2)C1. The van der Waals surface area contributed by atoms with E-state index < -0.39 is 0 Å². The lowest BCUT2D eigenvalue weighted by Gasteiger charge is -2.40. The van der Waals surface area contributed by atoms with Gasteiger partial charge in [-0.2, -0.15) is 0 Å². The van der Waals surface area contributed by atoms with E-state index in [0.717, 1.165) is 30.4 Å². The summed E-state index contributed by atoms with van der Waals surface area (Å²) in [7, 11) is 0. The van der Waals surface area contributed by atoms with Crippen LogP contribution in [-0.2, 0) is 4.74 Å². The van der Waals surface area contributed by atoms with E-state index in [0.29, 0.717) is 6.10 Å². The van der Waals surface area contributed by atoms with Crippen molar-refractivity contribution in [1.82, 2.24) is 5.32 Å². The minimum atomic E-state index is 0.506. The summed E-state index contributed by atoms with van der Waals surface area (Å²) in [4.78, 5) is 0.